The average Bonchev–Trinajstić information content (AvgIpc) is 3.54. The van der Waals surface area contributed by atoms with E-state index in [2.05, 4.69) is 37.2 Å². The number of aromatic nitrogens is 3. The van der Waals surface area contributed by atoms with Crippen LogP contribution < -0.4 is 15.8 Å². The summed E-state index contributed by atoms with van der Waals surface area (Å²) in [5.74, 6) is 0.547. The molecule has 9 heteroatoms. The fourth-order valence-corrected chi connectivity index (χ4v) is 5.33. The van der Waals surface area contributed by atoms with Crippen molar-refractivity contribution in [3.8, 4) is 11.4 Å². The number of benzene rings is 2. The molecule has 2 aromatic carbocycles. The van der Waals surface area contributed by atoms with Crippen molar-refractivity contribution in [1.82, 2.24) is 19.9 Å². The van der Waals surface area contributed by atoms with Gasteiger partial charge in [0.05, 0.1) is 35.5 Å². The number of pyridine rings is 1. The second-order valence-corrected chi connectivity index (χ2v) is 9.69. The number of anilines is 2. The molecule has 0 aliphatic carbocycles. The van der Waals surface area contributed by atoms with Crippen LogP contribution in [0, 0.1) is 0 Å². The van der Waals surface area contributed by atoms with Crippen molar-refractivity contribution in [3.05, 3.63) is 51.8 Å². The Labute approximate surface area is 208 Å². The molecule has 0 bridgehead atoms. The summed E-state index contributed by atoms with van der Waals surface area (Å²) in [7, 11) is 0. The van der Waals surface area contributed by atoms with Crippen LogP contribution in [0.25, 0.3) is 33.3 Å². The second kappa shape index (κ2) is 9.53. The van der Waals surface area contributed by atoms with E-state index in [1.54, 1.807) is 6.07 Å². The van der Waals surface area contributed by atoms with Crippen molar-refractivity contribution in [1.29, 1.82) is 0 Å². The van der Waals surface area contributed by atoms with Crippen LogP contribution in [-0.4, -0.2) is 72.3 Å². The third-order valence-electron chi connectivity index (χ3n) is 6.98. The quantitative estimate of drug-likeness (QED) is 0.376. The molecule has 0 atom stereocenters. The Bertz CT molecular complexity index is 1420. The zero-order chi connectivity index (χ0) is 23.8. The molecule has 8 nitrogen and oxygen atoms in total. The fourth-order valence-electron chi connectivity index (χ4n) is 5.15. The van der Waals surface area contributed by atoms with Gasteiger partial charge in [0.1, 0.15) is 11.4 Å². The SMILES string of the molecule is O=c1[nH]c2ccc(Cl)cc2c(NCCN2CCCC2)c1-c1nc2ccc(N3CCOCC3)cc2[nH]1. The van der Waals surface area contributed by atoms with E-state index in [0.29, 0.717) is 16.4 Å². The molecule has 2 saturated heterocycles. The first-order valence-electron chi connectivity index (χ1n) is 12.3. The van der Waals surface area contributed by atoms with Gasteiger partial charge in [0.2, 0.25) is 0 Å². The normalized spacial score (nSPS) is 17.0. The van der Waals surface area contributed by atoms with E-state index in [0.717, 1.165) is 85.8 Å². The van der Waals surface area contributed by atoms with Crippen LogP contribution in [0.3, 0.4) is 0 Å². The van der Waals surface area contributed by atoms with Gasteiger partial charge in [-0.05, 0) is 62.3 Å². The predicted molar refractivity (Wildman–Crippen MR) is 142 cm³/mol. The molecule has 2 fully saturated rings. The van der Waals surface area contributed by atoms with Crippen molar-refractivity contribution in [2.24, 2.45) is 0 Å². The highest BCUT2D eigenvalue weighted by Gasteiger charge is 2.20. The number of morpholine rings is 1. The Balaban J connectivity index is 1.41. The van der Waals surface area contributed by atoms with Gasteiger partial charge >= 0.3 is 0 Å². The molecule has 0 amide bonds. The van der Waals surface area contributed by atoms with Gasteiger partial charge in [-0.2, -0.15) is 0 Å². The maximum Gasteiger partial charge on any atom is 0.261 e. The Hall–Kier alpha value is -3.07. The molecule has 0 unspecified atom stereocenters. The van der Waals surface area contributed by atoms with Crippen molar-refractivity contribution < 1.29 is 4.74 Å². The number of hydrogen-bond donors (Lipinski definition) is 3. The molecule has 4 aromatic rings. The Morgan fingerprint density at radius 1 is 1.00 bits per heavy atom. The van der Waals surface area contributed by atoms with E-state index < -0.39 is 0 Å². The molecule has 35 heavy (non-hydrogen) atoms. The minimum atomic E-state index is -0.184. The summed E-state index contributed by atoms with van der Waals surface area (Å²) in [6.07, 6.45) is 2.50. The summed E-state index contributed by atoms with van der Waals surface area (Å²) < 4.78 is 5.49. The number of aromatic amines is 2. The van der Waals surface area contributed by atoms with Crippen molar-refractivity contribution in [3.63, 3.8) is 0 Å². The van der Waals surface area contributed by atoms with Crippen LogP contribution in [0.4, 0.5) is 11.4 Å². The number of halogens is 1. The fraction of sp³-hybridized carbons (Fsp3) is 0.385. The van der Waals surface area contributed by atoms with Crippen LogP contribution in [0.2, 0.25) is 5.02 Å². The molecular formula is C26H29ClN6O2. The van der Waals surface area contributed by atoms with Gasteiger partial charge in [-0.3, -0.25) is 4.79 Å². The summed E-state index contributed by atoms with van der Waals surface area (Å²) in [4.78, 5) is 29.3. The smallest absolute Gasteiger partial charge is 0.261 e. The lowest BCUT2D eigenvalue weighted by atomic mass is 10.1. The standard InChI is InChI=1S/C26H29ClN6O2/c27-17-3-5-20-19(15-17)24(28-7-10-32-8-1-2-9-32)23(26(34)31-20)25-29-21-6-4-18(16-22(21)30-25)33-11-13-35-14-12-33/h3-6,15-16H,1-2,7-14H2,(H,29,30)(H2,28,31,34). The van der Waals surface area contributed by atoms with Crippen LogP contribution in [0.15, 0.2) is 41.2 Å². The highest BCUT2D eigenvalue weighted by atomic mass is 35.5. The zero-order valence-corrected chi connectivity index (χ0v) is 20.3. The molecule has 6 rings (SSSR count). The summed E-state index contributed by atoms with van der Waals surface area (Å²) in [6.45, 7) is 7.11. The topological polar surface area (TPSA) is 89.3 Å². The van der Waals surface area contributed by atoms with Crippen LogP contribution in [-0.2, 0) is 4.74 Å². The lowest BCUT2D eigenvalue weighted by Crippen LogP contribution is -2.36. The van der Waals surface area contributed by atoms with E-state index in [-0.39, 0.29) is 5.56 Å². The van der Waals surface area contributed by atoms with E-state index in [1.807, 2.05) is 18.2 Å². The monoisotopic (exact) mass is 492 g/mol. The molecule has 0 saturated carbocycles. The molecule has 0 radical (unpaired) electrons. The van der Waals surface area contributed by atoms with Gasteiger partial charge in [0, 0.05) is 42.3 Å². The number of rotatable bonds is 6. The minimum absolute atomic E-state index is 0.184. The Kier molecular flexibility index (Phi) is 6.10. The number of hydrogen-bond acceptors (Lipinski definition) is 6. The highest BCUT2D eigenvalue weighted by molar-refractivity contribution is 6.31. The first kappa shape index (κ1) is 22.4. The van der Waals surface area contributed by atoms with Crippen LogP contribution in [0.5, 0.6) is 0 Å². The number of likely N-dealkylation sites (tertiary alicyclic amines) is 1. The number of ether oxygens (including phenoxy) is 1. The Morgan fingerprint density at radius 3 is 2.66 bits per heavy atom. The molecule has 182 valence electrons. The van der Waals surface area contributed by atoms with Crippen molar-refractivity contribution in [2.75, 3.05) is 62.7 Å². The first-order chi connectivity index (χ1) is 17.2. The first-order valence-corrected chi connectivity index (χ1v) is 12.7. The van der Waals surface area contributed by atoms with Gasteiger partial charge in [-0.15, -0.1) is 0 Å². The number of fused-ring (bicyclic) bond motifs is 2. The average molecular weight is 493 g/mol. The van der Waals surface area contributed by atoms with Gasteiger partial charge in [0.15, 0.2) is 0 Å². The minimum Gasteiger partial charge on any atom is -0.382 e. The molecule has 3 N–H and O–H groups in total. The summed E-state index contributed by atoms with van der Waals surface area (Å²) in [6, 6.07) is 11.7. The zero-order valence-electron chi connectivity index (χ0n) is 19.6. The predicted octanol–water partition coefficient (Wildman–Crippen LogP) is 4.07. The summed E-state index contributed by atoms with van der Waals surface area (Å²) in [5, 5.41) is 5.06. The van der Waals surface area contributed by atoms with Crippen LogP contribution in [0.1, 0.15) is 12.8 Å². The number of nitrogens with zero attached hydrogens (tertiary/aromatic N) is 3. The summed E-state index contributed by atoms with van der Waals surface area (Å²) in [5.41, 5.74) is 4.68. The third kappa shape index (κ3) is 4.49. The third-order valence-corrected chi connectivity index (χ3v) is 7.22. The van der Waals surface area contributed by atoms with Crippen molar-refractivity contribution >= 4 is 44.9 Å². The molecule has 2 aliphatic rings. The molecular weight excluding hydrogens is 464 g/mol. The second-order valence-electron chi connectivity index (χ2n) is 9.26. The van der Waals surface area contributed by atoms with Crippen molar-refractivity contribution in [2.45, 2.75) is 12.8 Å². The van der Waals surface area contributed by atoms with E-state index >= 15 is 0 Å². The van der Waals surface area contributed by atoms with Gasteiger partial charge < -0.3 is 29.8 Å². The molecule has 0 spiro atoms. The molecule has 4 heterocycles. The van der Waals surface area contributed by atoms with Gasteiger partial charge in [0.25, 0.3) is 5.56 Å². The number of imidazole rings is 1. The Morgan fingerprint density at radius 2 is 1.83 bits per heavy atom. The van der Waals surface area contributed by atoms with E-state index in [1.165, 1.54) is 12.8 Å². The maximum atomic E-state index is 13.3. The van der Waals surface area contributed by atoms with E-state index in [9.17, 15) is 4.79 Å². The summed E-state index contributed by atoms with van der Waals surface area (Å²) >= 11 is 6.36. The molecule has 2 aliphatic heterocycles. The lowest BCUT2D eigenvalue weighted by molar-refractivity contribution is 0.122. The lowest BCUT2D eigenvalue weighted by Gasteiger charge is -2.28. The van der Waals surface area contributed by atoms with E-state index in [4.69, 9.17) is 21.3 Å². The number of nitrogens with one attached hydrogen (secondary N) is 3. The van der Waals surface area contributed by atoms with Gasteiger partial charge in [-0.25, -0.2) is 4.98 Å². The van der Waals surface area contributed by atoms with Crippen LogP contribution >= 0.6 is 11.6 Å². The maximum absolute atomic E-state index is 13.3. The number of H-pyrrole nitrogens is 2. The molecule has 2 aromatic heterocycles. The largest absolute Gasteiger partial charge is 0.382 e. The van der Waals surface area contributed by atoms with Gasteiger partial charge in [-0.1, -0.05) is 11.6 Å². The highest BCUT2D eigenvalue weighted by Crippen LogP contribution is 2.33.